The largest absolute Gasteiger partial charge is 0.465 e. The SMILES string of the molecule is Cc1nc2c(F)cc(-c3cc(Nc4ncc(CN5C[C@@]6(C)CN(C(=O)O)CC[C@@H]56)cn4)ncc3F)cc2n1C(C)C. The van der Waals surface area contributed by atoms with Crippen molar-refractivity contribution < 1.29 is 18.7 Å². The Labute approximate surface area is 236 Å². The third-order valence-electron chi connectivity index (χ3n) is 8.24. The first kappa shape index (κ1) is 27.0. The molecule has 0 bridgehead atoms. The summed E-state index contributed by atoms with van der Waals surface area (Å²) in [5, 5.41) is 12.3. The van der Waals surface area contributed by atoms with Crippen molar-refractivity contribution in [1.29, 1.82) is 0 Å². The number of benzene rings is 1. The topological polar surface area (TPSA) is 112 Å². The highest BCUT2D eigenvalue weighted by Gasteiger charge is 2.52. The summed E-state index contributed by atoms with van der Waals surface area (Å²) in [4.78, 5) is 32.5. The quantitative estimate of drug-likeness (QED) is 0.323. The molecule has 2 N–H and O–H groups in total. The van der Waals surface area contributed by atoms with Crippen molar-refractivity contribution in [2.45, 2.75) is 52.7 Å². The molecule has 12 heteroatoms. The number of hydrogen-bond donors (Lipinski definition) is 2. The Balaban J connectivity index is 1.17. The Hall–Kier alpha value is -4.19. The van der Waals surface area contributed by atoms with E-state index in [0.717, 1.165) is 24.7 Å². The van der Waals surface area contributed by atoms with Gasteiger partial charge < -0.3 is 19.9 Å². The van der Waals surface area contributed by atoms with E-state index in [9.17, 15) is 14.3 Å². The molecule has 2 saturated heterocycles. The molecule has 2 aliphatic rings. The molecule has 214 valence electrons. The van der Waals surface area contributed by atoms with E-state index in [4.69, 9.17) is 0 Å². The van der Waals surface area contributed by atoms with Gasteiger partial charge in [-0.3, -0.25) is 4.90 Å². The molecule has 0 spiro atoms. The number of rotatable bonds is 6. The second-order valence-corrected chi connectivity index (χ2v) is 11.6. The van der Waals surface area contributed by atoms with E-state index in [0.29, 0.717) is 54.3 Å². The lowest BCUT2D eigenvalue weighted by atomic mass is 9.69. The summed E-state index contributed by atoms with van der Waals surface area (Å²) >= 11 is 0. The highest BCUT2D eigenvalue weighted by atomic mass is 19.1. The molecule has 1 aromatic carbocycles. The van der Waals surface area contributed by atoms with E-state index < -0.39 is 17.7 Å². The van der Waals surface area contributed by atoms with Gasteiger partial charge in [0.15, 0.2) is 5.82 Å². The summed E-state index contributed by atoms with van der Waals surface area (Å²) < 4.78 is 31.8. The first-order chi connectivity index (χ1) is 19.5. The van der Waals surface area contributed by atoms with Gasteiger partial charge in [0.2, 0.25) is 5.95 Å². The number of anilines is 2. The Bertz CT molecular complexity index is 1640. The van der Waals surface area contributed by atoms with Crippen molar-refractivity contribution in [3.05, 3.63) is 59.8 Å². The number of halogens is 2. The van der Waals surface area contributed by atoms with Crippen LogP contribution >= 0.6 is 0 Å². The van der Waals surface area contributed by atoms with Crippen molar-refractivity contribution in [2.24, 2.45) is 5.41 Å². The number of imidazole rings is 1. The fraction of sp³-hybridized carbons (Fsp3) is 0.414. The van der Waals surface area contributed by atoms with Crippen molar-refractivity contribution in [3.63, 3.8) is 0 Å². The standard InChI is InChI=1S/C29H32F2N8O2/c1-16(2)39-17(3)35-26-21(30)7-19(8-23(26)39)20-9-25(32-12-22(20)31)36-27-33-10-18(11-34-27)13-38-15-29(4)14-37(28(40)41)6-5-24(29)38/h7-12,16,24H,5-6,13-15H2,1-4H3,(H,40,41)(H,32,33,34,36)/t24-,29-/m1/s1. The highest BCUT2D eigenvalue weighted by Crippen LogP contribution is 2.43. The summed E-state index contributed by atoms with van der Waals surface area (Å²) in [6.07, 6.45) is 4.51. The number of likely N-dealkylation sites (tertiary alicyclic amines) is 2. The molecule has 10 nitrogen and oxygen atoms in total. The average Bonchev–Trinajstić information content (AvgIpc) is 3.26. The molecule has 2 aliphatic heterocycles. The molecule has 6 rings (SSSR count). The van der Waals surface area contributed by atoms with Gasteiger partial charge in [-0.15, -0.1) is 0 Å². The zero-order valence-corrected chi connectivity index (χ0v) is 23.4. The number of fused-ring (bicyclic) bond motifs is 2. The predicted octanol–water partition coefficient (Wildman–Crippen LogP) is 5.37. The minimum absolute atomic E-state index is 0.0361. The van der Waals surface area contributed by atoms with Gasteiger partial charge in [-0.25, -0.2) is 33.5 Å². The molecule has 41 heavy (non-hydrogen) atoms. The molecule has 4 aromatic rings. The van der Waals surface area contributed by atoms with Crippen molar-refractivity contribution >= 4 is 28.9 Å². The van der Waals surface area contributed by atoms with Crippen LogP contribution in [0.3, 0.4) is 0 Å². The number of aromatic nitrogens is 5. The molecule has 3 aromatic heterocycles. The Morgan fingerprint density at radius 3 is 2.56 bits per heavy atom. The second kappa shape index (κ2) is 10.0. The van der Waals surface area contributed by atoms with E-state index in [1.54, 1.807) is 18.5 Å². The number of carboxylic acid groups (broad SMARTS) is 1. The second-order valence-electron chi connectivity index (χ2n) is 11.6. The molecule has 0 radical (unpaired) electrons. The van der Waals surface area contributed by atoms with Gasteiger partial charge in [-0.2, -0.15) is 0 Å². The van der Waals surface area contributed by atoms with Crippen LogP contribution in [0.1, 0.15) is 44.6 Å². The van der Waals surface area contributed by atoms with Crippen LogP contribution in [0.25, 0.3) is 22.2 Å². The van der Waals surface area contributed by atoms with Gasteiger partial charge in [-0.1, -0.05) is 6.92 Å². The van der Waals surface area contributed by atoms with Crippen molar-refractivity contribution in [1.82, 2.24) is 34.3 Å². The zero-order valence-electron chi connectivity index (χ0n) is 23.4. The number of piperidine rings is 1. The molecule has 0 unspecified atom stereocenters. The van der Waals surface area contributed by atoms with E-state index in [1.807, 2.05) is 25.3 Å². The van der Waals surface area contributed by atoms with E-state index in [-0.39, 0.29) is 22.5 Å². The summed E-state index contributed by atoms with van der Waals surface area (Å²) in [5.74, 6) is 0.230. The lowest BCUT2D eigenvalue weighted by Crippen LogP contribution is -2.69. The molecule has 0 aliphatic carbocycles. The van der Waals surface area contributed by atoms with Crippen molar-refractivity contribution in [3.8, 4) is 11.1 Å². The lowest BCUT2D eigenvalue weighted by Gasteiger charge is -2.60. The molecular formula is C29H32F2N8O2. The summed E-state index contributed by atoms with van der Waals surface area (Å²) in [7, 11) is 0. The van der Waals surface area contributed by atoms with Crippen LogP contribution < -0.4 is 5.32 Å². The Morgan fingerprint density at radius 1 is 1.12 bits per heavy atom. The molecule has 2 fully saturated rings. The van der Waals surface area contributed by atoms with Crippen LogP contribution in [0.5, 0.6) is 0 Å². The van der Waals surface area contributed by atoms with Gasteiger partial charge in [-0.05, 0) is 51.0 Å². The van der Waals surface area contributed by atoms with E-state index in [2.05, 4.69) is 37.1 Å². The van der Waals surface area contributed by atoms with Crippen LogP contribution in [-0.2, 0) is 6.54 Å². The van der Waals surface area contributed by atoms with Crippen LogP contribution in [0.15, 0.2) is 36.8 Å². The van der Waals surface area contributed by atoms with Gasteiger partial charge in [0.25, 0.3) is 0 Å². The maximum absolute atomic E-state index is 15.0. The zero-order chi connectivity index (χ0) is 29.1. The average molecular weight is 563 g/mol. The number of nitrogens with zero attached hydrogens (tertiary/aromatic N) is 7. The molecule has 0 saturated carbocycles. The highest BCUT2D eigenvalue weighted by molar-refractivity contribution is 5.84. The van der Waals surface area contributed by atoms with Crippen LogP contribution in [-0.4, -0.2) is 71.2 Å². The maximum atomic E-state index is 15.0. The Morgan fingerprint density at radius 2 is 1.88 bits per heavy atom. The number of amides is 1. The van der Waals surface area contributed by atoms with E-state index >= 15 is 4.39 Å². The minimum Gasteiger partial charge on any atom is -0.465 e. The number of hydrogen-bond acceptors (Lipinski definition) is 7. The van der Waals surface area contributed by atoms with Gasteiger partial charge in [0, 0.05) is 67.2 Å². The number of nitrogens with one attached hydrogen (secondary N) is 1. The first-order valence-electron chi connectivity index (χ1n) is 13.7. The normalized spacial score (nSPS) is 20.8. The van der Waals surface area contributed by atoms with Crippen LogP contribution in [0.4, 0.5) is 25.3 Å². The van der Waals surface area contributed by atoms with Gasteiger partial charge >= 0.3 is 6.09 Å². The summed E-state index contributed by atoms with van der Waals surface area (Å²) in [6, 6.07) is 4.94. The molecular weight excluding hydrogens is 530 g/mol. The monoisotopic (exact) mass is 562 g/mol. The van der Waals surface area contributed by atoms with Gasteiger partial charge in [0.05, 0.1) is 11.7 Å². The maximum Gasteiger partial charge on any atom is 0.407 e. The third kappa shape index (κ3) is 4.86. The smallest absolute Gasteiger partial charge is 0.407 e. The van der Waals surface area contributed by atoms with Gasteiger partial charge in [0.1, 0.15) is 23.0 Å². The van der Waals surface area contributed by atoms with Crippen molar-refractivity contribution in [2.75, 3.05) is 25.0 Å². The predicted molar refractivity (Wildman–Crippen MR) is 150 cm³/mol. The molecule has 1 amide bonds. The number of aryl methyl sites for hydroxylation is 1. The minimum atomic E-state index is -0.857. The first-order valence-corrected chi connectivity index (χ1v) is 13.7. The lowest BCUT2D eigenvalue weighted by molar-refractivity contribution is -0.111. The third-order valence-corrected chi connectivity index (χ3v) is 8.24. The molecule has 5 heterocycles. The number of pyridine rings is 1. The van der Waals surface area contributed by atoms with Crippen LogP contribution in [0, 0.1) is 24.0 Å². The fourth-order valence-corrected chi connectivity index (χ4v) is 6.47. The number of carbonyl (C=O) groups is 1. The summed E-state index contributed by atoms with van der Waals surface area (Å²) in [6.45, 7) is 10.5. The fourth-order valence-electron chi connectivity index (χ4n) is 6.47. The van der Waals surface area contributed by atoms with E-state index in [1.165, 1.54) is 17.0 Å². The molecule has 2 atom stereocenters. The summed E-state index contributed by atoms with van der Waals surface area (Å²) in [5.41, 5.74) is 2.34. The van der Waals surface area contributed by atoms with Crippen LogP contribution in [0.2, 0.25) is 0 Å². The Kier molecular flexibility index (Phi) is 6.60.